The van der Waals surface area contributed by atoms with Gasteiger partial charge in [0.2, 0.25) is 0 Å². The van der Waals surface area contributed by atoms with E-state index in [9.17, 15) is 14.0 Å². The van der Waals surface area contributed by atoms with Crippen LogP contribution >= 0.6 is 0 Å². The first kappa shape index (κ1) is 19.4. The van der Waals surface area contributed by atoms with Gasteiger partial charge in [-0.05, 0) is 63.6 Å². The van der Waals surface area contributed by atoms with Crippen LogP contribution in [0.2, 0.25) is 0 Å². The number of hydrogen-bond acceptors (Lipinski definition) is 3. The highest BCUT2D eigenvalue weighted by atomic mass is 19.1. The molecule has 0 aliphatic heterocycles. The maximum absolute atomic E-state index is 13.0. The molecule has 0 fully saturated rings. The molecule has 2 rings (SSSR count). The number of amides is 2. The zero-order valence-corrected chi connectivity index (χ0v) is 15.3. The molecule has 26 heavy (non-hydrogen) atoms. The van der Waals surface area contributed by atoms with E-state index >= 15 is 0 Å². The van der Waals surface area contributed by atoms with Gasteiger partial charge in [0.1, 0.15) is 11.4 Å². The second-order valence-corrected chi connectivity index (χ2v) is 6.95. The number of benzene rings is 2. The first-order valence-corrected chi connectivity index (χ1v) is 8.30. The smallest absolute Gasteiger partial charge is 0.412 e. The fraction of sp³-hybridized carbons (Fsp3) is 0.300. The molecule has 0 aromatic heterocycles. The van der Waals surface area contributed by atoms with Gasteiger partial charge in [-0.15, -0.1) is 0 Å². The van der Waals surface area contributed by atoms with Crippen molar-refractivity contribution in [1.82, 2.24) is 5.32 Å². The van der Waals surface area contributed by atoms with Gasteiger partial charge in [-0.3, -0.25) is 10.1 Å². The first-order chi connectivity index (χ1) is 12.1. The van der Waals surface area contributed by atoms with Crippen LogP contribution in [0, 0.1) is 5.82 Å². The van der Waals surface area contributed by atoms with Crippen LogP contribution in [0.5, 0.6) is 0 Å². The van der Waals surface area contributed by atoms with E-state index in [0.29, 0.717) is 11.3 Å². The molecular weight excluding hydrogens is 335 g/mol. The van der Waals surface area contributed by atoms with Crippen LogP contribution in [-0.2, 0) is 4.74 Å². The molecule has 0 aliphatic carbocycles. The molecule has 2 aromatic carbocycles. The Hall–Kier alpha value is -2.89. The zero-order valence-electron chi connectivity index (χ0n) is 15.3. The third-order valence-corrected chi connectivity index (χ3v) is 3.49. The predicted octanol–water partition coefficient (Wildman–Crippen LogP) is 4.66. The summed E-state index contributed by atoms with van der Waals surface area (Å²) in [6.45, 7) is 7.13. The van der Waals surface area contributed by atoms with Gasteiger partial charge in [0.15, 0.2) is 0 Å². The Morgan fingerprint density at radius 2 is 1.73 bits per heavy atom. The lowest BCUT2D eigenvalue weighted by atomic mass is 10.1. The minimum absolute atomic E-state index is 0.287. The molecule has 2 amide bonds. The molecule has 5 nitrogen and oxygen atoms in total. The van der Waals surface area contributed by atoms with Crippen LogP contribution in [-0.4, -0.2) is 17.6 Å². The molecule has 0 bridgehead atoms. The van der Waals surface area contributed by atoms with E-state index in [1.165, 1.54) is 12.1 Å². The molecule has 0 spiro atoms. The lowest BCUT2D eigenvalue weighted by Crippen LogP contribution is -2.28. The zero-order chi connectivity index (χ0) is 19.3. The molecule has 0 saturated carbocycles. The van der Waals surface area contributed by atoms with E-state index < -0.39 is 11.7 Å². The number of carbonyl (C=O) groups is 2. The summed E-state index contributed by atoms with van der Waals surface area (Å²) in [6.07, 6.45) is -0.588. The third-order valence-electron chi connectivity index (χ3n) is 3.49. The summed E-state index contributed by atoms with van der Waals surface area (Å²) in [6, 6.07) is 12.2. The van der Waals surface area contributed by atoms with Gasteiger partial charge in [-0.25, -0.2) is 9.18 Å². The fourth-order valence-electron chi connectivity index (χ4n) is 2.27. The highest BCUT2D eigenvalue weighted by Gasteiger charge is 2.17. The van der Waals surface area contributed by atoms with E-state index in [1.54, 1.807) is 57.2 Å². The highest BCUT2D eigenvalue weighted by Crippen LogP contribution is 2.16. The predicted molar refractivity (Wildman–Crippen MR) is 98.6 cm³/mol. The summed E-state index contributed by atoms with van der Waals surface area (Å²) in [7, 11) is 0. The Kier molecular flexibility index (Phi) is 5.97. The van der Waals surface area contributed by atoms with E-state index in [4.69, 9.17) is 4.74 Å². The van der Waals surface area contributed by atoms with Gasteiger partial charge in [0.25, 0.3) is 5.91 Å². The highest BCUT2D eigenvalue weighted by molar-refractivity contribution is 5.96. The Balaban J connectivity index is 2.03. The average molecular weight is 358 g/mol. The summed E-state index contributed by atoms with van der Waals surface area (Å²) < 4.78 is 18.2. The Bertz CT molecular complexity index is 782. The van der Waals surface area contributed by atoms with Gasteiger partial charge in [0, 0.05) is 11.3 Å². The van der Waals surface area contributed by atoms with Crippen LogP contribution in [0.25, 0.3) is 0 Å². The van der Waals surface area contributed by atoms with Crippen molar-refractivity contribution < 1.29 is 18.7 Å². The quantitative estimate of drug-likeness (QED) is 0.835. The average Bonchev–Trinajstić information content (AvgIpc) is 2.53. The summed E-state index contributed by atoms with van der Waals surface area (Å²) in [5, 5.41) is 5.45. The minimum Gasteiger partial charge on any atom is -0.444 e. The standard InChI is InChI=1S/C20H23FN2O3/c1-13(14-8-10-16(21)11-9-14)22-18(24)15-6-5-7-17(12-15)23-19(25)26-20(2,3)4/h5-13H,1-4H3,(H,22,24)(H,23,25)/t13-/m0/s1. The van der Waals surface area contributed by atoms with E-state index in [2.05, 4.69) is 10.6 Å². The van der Waals surface area contributed by atoms with Crippen molar-refractivity contribution in [2.24, 2.45) is 0 Å². The van der Waals surface area contributed by atoms with Gasteiger partial charge in [-0.1, -0.05) is 18.2 Å². The molecule has 0 saturated heterocycles. The molecule has 0 radical (unpaired) electrons. The van der Waals surface area contributed by atoms with Crippen molar-refractivity contribution in [2.45, 2.75) is 39.3 Å². The third kappa shape index (κ3) is 5.88. The van der Waals surface area contributed by atoms with E-state index in [-0.39, 0.29) is 17.8 Å². The van der Waals surface area contributed by atoms with Crippen molar-refractivity contribution in [3.63, 3.8) is 0 Å². The second-order valence-electron chi connectivity index (χ2n) is 6.95. The minimum atomic E-state index is -0.607. The van der Waals surface area contributed by atoms with Crippen LogP contribution in [0.1, 0.15) is 49.7 Å². The molecule has 0 unspecified atom stereocenters. The summed E-state index contributed by atoms with van der Waals surface area (Å²) in [5.74, 6) is -0.622. The van der Waals surface area contributed by atoms with Crippen LogP contribution in [0.3, 0.4) is 0 Å². The van der Waals surface area contributed by atoms with Crippen LogP contribution < -0.4 is 10.6 Å². The first-order valence-electron chi connectivity index (χ1n) is 8.30. The molecule has 6 heteroatoms. The lowest BCUT2D eigenvalue weighted by Gasteiger charge is -2.20. The van der Waals surface area contributed by atoms with Crippen molar-refractivity contribution in [1.29, 1.82) is 0 Å². The van der Waals surface area contributed by atoms with Gasteiger partial charge in [0.05, 0.1) is 6.04 Å². The fourth-order valence-corrected chi connectivity index (χ4v) is 2.27. The van der Waals surface area contributed by atoms with Crippen molar-refractivity contribution in [2.75, 3.05) is 5.32 Å². The number of hydrogen-bond donors (Lipinski definition) is 2. The van der Waals surface area contributed by atoms with E-state index in [1.807, 2.05) is 6.92 Å². The van der Waals surface area contributed by atoms with Gasteiger partial charge < -0.3 is 10.1 Å². The molecule has 0 heterocycles. The molecule has 2 N–H and O–H groups in total. The Labute approximate surface area is 152 Å². The number of nitrogens with one attached hydrogen (secondary N) is 2. The molecule has 1 atom stereocenters. The summed E-state index contributed by atoms with van der Waals surface area (Å²) in [5.41, 5.74) is 1.04. The summed E-state index contributed by atoms with van der Waals surface area (Å²) in [4.78, 5) is 24.3. The molecule has 2 aromatic rings. The number of carbonyl (C=O) groups excluding carboxylic acids is 2. The van der Waals surface area contributed by atoms with Crippen molar-refractivity contribution in [3.8, 4) is 0 Å². The second kappa shape index (κ2) is 7.99. The van der Waals surface area contributed by atoms with Gasteiger partial charge >= 0.3 is 6.09 Å². The topological polar surface area (TPSA) is 67.4 Å². The monoisotopic (exact) mass is 358 g/mol. The van der Waals surface area contributed by atoms with Crippen molar-refractivity contribution >= 4 is 17.7 Å². The van der Waals surface area contributed by atoms with Crippen LogP contribution in [0.4, 0.5) is 14.9 Å². The summed E-state index contributed by atoms with van der Waals surface area (Å²) >= 11 is 0. The number of ether oxygens (including phenoxy) is 1. The number of halogens is 1. The van der Waals surface area contributed by atoms with Gasteiger partial charge in [-0.2, -0.15) is 0 Å². The lowest BCUT2D eigenvalue weighted by molar-refractivity contribution is 0.0635. The maximum atomic E-state index is 13.0. The number of anilines is 1. The molecular formula is C20H23FN2O3. The molecule has 138 valence electrons. The maximum Gasteiger partial charge on any atom is 0.412 e. The van der Waals surface area contributed by atoms with Crippen LogP contribution in [0.15, 0.2) is 48.5 Å². The van der Waals surface area contributed by atoms with Crippen molar-refractivity contribution in [3.05, 3.63) is 65.5 Å². The largest absolute Gasteiger partial charge is 0.444 e. The van der Waals surface area contributed by atoms with E-state index in [0.717, 1.165) is 5.56 Å². The normalized spacial score (nSPS) is 12.2. The Morgan fingerprint density at radius 1 is 1.08 bits per heavy atom. The molecule has 0 aliphatic rings. The Morgan fingerprint density at radius 3 is 2.35 bits per heavy atom. The number of rotatable bonds is 4. The SMILES string of the molecule is C[C@H](NC(=O)c1cccc(NC(=O)OC(C)(C)C)c1)c1ccc(F)cc1.